The second kappa shape index (κ2) is 8.57. The number of urea groups is 1. The molecule has 8 heteroatoms. The molecule has 0 radical (unpaired) electrons. The van der Waals surface area contributed by atoms with E-state index >= 15 is 0 Å². The van der Waals surface area contributed by atoms with Crippen LogP contribution in [0.15, 0.2) is 18.2 Å². The molecule has 1 saturated heterocycles. The van der Waals surface area contributed by atoms with Gasteiger partial charge in [-0.3, -0.25) is 4.79 Å². The maximum Gasteiger partial charge on any atom is 0.317 e. The van der Waals surface area contributed by atoms with Crippen molar-refractivity contribution in [1.29, 1.82) is 0 Å². The number of ether oxygens (including phenoxy) is 2. The lowest BCUT2D eigenvalue weighted by Gasteiger charge is -2.23. The minimum atomic E-state index is -0.277. The first-order valence-electron chi connectivity index (χ1n) is 8.22. The molecule has 0 saturated carbocycles. The molecule has 0 bridgehead atoms. The number of rotatable bonds is 7. The van der Waals surface area contributed by atoms with E-state index in [-0.39, 0.29) is 37.6 Å². The second-order valence-electron chi connectivity index (χ2n) is 5.70. The zero-order valence-electron chi connectivity index (χ0n) is 14.8. The summed E-state index contributed by atoms with van der Waals surface area (Å²) in [6.07, 6.45) is 0.233. The summed E-state index contributed by atoms with van der Waals surface area (Å²) < 4.78 is 10.5. The van der Waals surface area contributed by atoms with Crippen LogP contribution in [0.3, 0.4) is 0 Å². The van der Waals surface area contributed by atoms with Gasteiger partial charge in [-0.1, -0.05) is 0 Å². The van der Waals surface area contributed by atoms with E-state index < -0.39 is 0 Å². The van der Waals surface area contributed by atoms with Gasteiger partial charge in [-0.25, -0.2) is 4.79 Å². The summed E-state index contributed by atoms with van der Waals surface area (Å²) in [5, 5.41) is 11.8. The number of carbonyl (C=O) groups excluding carboxylic acids is 2. The summed E-state index contributed by atoms with van der Waals surface area (Å²) in [4.78, 5) is 27.6. The lowest BCUT2D eigenvalue weighted by atomic mass is 10.2. The highest BCUT2D eigenvalue weighted by atomic mass is 16.5. The molecule has 1 unspecified atom stereocenters. The summed E-state index contributed by atoms with van der Waals surface area (Å²) in [7, 11) is 3.09. The molecule has 2 N–H and O–H groups in total. The fraction of sp³-hybridized carbons (Fsp3) is 0.529. The van der Waals surface area contributed by atoms with E-state index in [2.05, 4.69) is 5.32 Å². The van der Waals surface area contributed by atoms with Gasteiger partial charge in [0.25, 0.3) is 0 Å². The van der Waals surface area contributed by atoms with Crippen LogP contribution in [0.1, 0.15) is 13.3 Å². The molecule has 1 aromatic carbocycles. The third kappa shape index (κ3) is 4.33. The van der Waals surface area contributed by atoms with Crippen molar-refractivity contribution in [2.24, 2.45) is 0 Å². The van der Waals surface area contributed by atoms with E-state index in [4.69, 9.17) is 14.6 Å². The van der Waals surface area contributed by atoms with E-state index in [0.717, 1.165) is 0 Å². The molecule has 25 heavy (non-hydrogen) atoms. The number of aliphatic hydroxyl groups excluding tert-OH is 1. The van der Waals surface area contributed by atoms with Crippen LogP contribution in [0.2, 0.25) is 0 Å². The number of carbonyl (C=O) groups is 2. The first-order chi connectivity index (χ1) is 12.0. The summed E-state index contributed by atoms with van der Waals surface area (Å²) >= 11 is 0. The van der Waals surface area contributed by atoms with Crippen LogP contribution in [0.5, 0.6) is 11.5 Å². The Morgan fingerprint density at radius 3 is 2.68 bits per heavy atom. The molecule has 1 aliphatic heterocycles. The van der Waals surface area contributed by atoms with Gasteiger partial charge in [0.2, 0.25) is 5.91 Å². The van der Waals surface area contributed by atoms with Gasteiger partial charge in [0.15, 0.2) is 11.5 Å². The molecule has 3 amide bonds. The lowest BCUT2D eigenvalue weighted by Crippen LogP contribution is -2.46. The Morgan fingerprint density at radius 1 is 1.36 bits per heavy atom. The van der Waals surface area contributed by atoms with Gasteiger partial charge < -0.3 is 29.7 Å². The monoisotopic (exact) mass is 351 g/mol. The first kappa shape index (κ1) is 18.9. The number of hydrogen-bond acceptors (Lipinski definition) is 5. The van der Waals surface area contributed by atoms with Crippen LogP contribution < -0.4 is 19.7 Å². The lowest BCUT2D eigenvalue weighted by molar-refractivity contribution is -0.117. The van der Waals surface area contributed by atoms with Crippen molar-refractivity contribution in [3.05, 3.63) is 18.2 Å². The van der Waals surface area contributed by atoms with Gasteiger partial charge in [-0.15, -0.1) is 0 Å². The Kier molecular flexibility index (Phi) is 6.46. The third-order valence-electron chi connectivity index (χ3n) is 4.17. The molecule has 0 spiro atoms. The summed E-state index contributed by atoms with van der Waals surface area (Å²) in [5.41, 5.74) is 0.696. The van der Waals surface area contributed by atoms with E-state index in [1.54, 1.807) is 30.2 Å². The van der Waals surface area contributed by atoms with Crippen molar-refractivity contribution < 1.29 is 24.2 Å². The minimum absolute atomic E-state index is 0.0669. The van der Waals surface area contributed by atoms with Crippen molar-refractivity contribution in [2.75, 3.05) is 45.4 Å². The Hall–Kier alpha value is -2.48. The number of hydrogen-bond donors (Lipinski definition) is 2. The van der Waals surface area contributed by atoms with Crippen molar-refractivity contribution in [3.63, 3.8) is 0 Å². The van der Waals surface area contributed by atoms with Crippen LogP contribution in [0.25, 0.3) is 0 Å². The van der Waals surface area contributed by atoms with Gasteiger partial charge in [0.1, 0.15) is 0 Å². The number of likely N-dealkylation sites (N-methyl/N-ethyl adjacent to an activating group) is 1. The van der Waals surface area contributed by atoms with Crippen LogP contribution in [-0.2, 0) is 4.79 Å². The van der Waals surface area contributed by atoms with Gasteiger partial charge in [-0.2, -0.15) is 0 Å². The predicted molar refractivity (Wildman–Crippen MR) is 93.2 cm³/mol. The molecule has 1 fully saturated rings. The topological polar surface area (TPSA) is 91.3 Å². The Labute approximate surface area is 147 Å². The second-order valence-corrected chi connectivity index (χ2v) is 5.70. The molecule has 1 aliphatic rings. The molecule has 138 valence electrons. The largest absolute Gasteiger partial charge is 0.493 e. The maximum atomic E-state index is 12.3. The number of amides is 3. The van der Waals surface area contributed by atoms with Crippen molar-refractivity contribution >= 4 is 17.6 Å². The molecule has 1 heterocycles. The molecule has 1 atom stereocenters. The van der Waals surface area contributed by atoms with Crippen LogP contribution >= 0.6 is 0 Å². The highest BCUT2D eigenvalue weighted by molar-refractivity contribution is 5.97. The van der Waals surface area contributed by atoms with Crippen molar-refractivity contribution in [1.82, 2.24) is 10.2 Å². The SMILES string of the molecule is CCN(CCO)C(=O)NC1CC(=O)N(c2ccc(OC)c(OC)c2)C1. The smallest absolute Gasteiger partial charge is 0.317 e. The maximum absolute atomic E-state index is 12.3. The van der Waals surface area contributed by atoms with E-state index in [1.807, 2.05) is 6.92 Å². The Morgan fingerprint density at radius 2 is 2.08 bits per heavy atom. The normalized spacial score (nSPS) is 16.7. The number of methoxy groups -OCH3 is 2. The van der Waals surface area contributed by atoms with Gasteiger partial charge in [0.05, 0.1) is 26.9 Å². The number of benzene rings is 1. The number of nitrogens with zero attached hydrogens (tertiary/aromatic N) is 2. The zero-order chi connectivity index (χ0) is 18.4. The quantitative estimate of drug-likeness (QED) is 0.759. The molecular weight excluding hydrogens is 326 g/mol. The number of nitrogens with one attached hydrogen (secondary N) is 1. The molecule has 8 nitrogen and oxygen atoms in total. The molecule has 0 aromatic heterocycles. The number of anilines is 1. The fourth-order valence-electron chi connectivity index (χ4n) is 2.84. The highest BCUT2D eigenvalue weighted by Gasteiger charge is 2.32. The zero-order valence-corrected chi connectivity index (χ0v) is 14.8. The first-order valence-corrected chi connectivity index (χ1v) is 8.22. The average molecular weight is 351 g/mol. The standard InChI is InChI=1S/C17H25N3O5/c1-4-19(7-8-21)17(23)18-12-9-16(22)20(11-12)13-5-6-14(24-2)15(10-13)25-3/h5-6,10,12,21H,4,7-9,11H2,1-3H3,(H,18,23). The molecule has 0 aliphatic carbocycles. The van der Waals surface area contributed by atoms with E-state index in [0.29, 0.717) is 30.3 Å². The van der Waals surface area contributed by atoms with Crippen LogP contribution in [-0.4, -0.2) is 68.4 Å². The molecule has 2 rings (SSSR count). The minimum Gasteiger partial charge on any atom is -0.493 e. The van der Waals surface area contributed by atoms with E-state index in [9.17, 15) is 9.59 Å². The van der Waals surface area contributed by atoms with Crippen molar-refractivity contribution in [3.8, 4) is 11.5 Å². The highest BCUT2D eigenvalue weighted by Crippen LogP contribution is 2.33. The Balaban J connectivity index is 2.06. The summed E-state index contributed by atoms with van der Waals surface area (Å²) in [6, 6.07) is 4.72. The van der Waals surface area contributed by atoms with Gasteiger partial charge in [0, 0.05) is 37.8 Å². The molecular formula is C17H25N3O5. The van der Waals surface area contributed by atoms with Crippen LogP contribution in [0, 0.1) is 0 Å². The molecule has 1 aromatic rings. The average Bonchev–Trinajstić information content (AvgIpc) is 2.98. The van der Waals surface area contributed by atoms with Crippen molar-refractivity contribution in [2.45, 2.75) is 19.4 Å². The van der Waals surface area contributed by atoms with Gasteiger partial charge >= 0.3 is 6.03 Å². The predicted octanol–water partition coefficient (Wildman–Crippen LogP) is 0.833. The van der Waals surface area contributed by atoms with Crippen LogP contribution in [0.4, 0.5) is 10.5 Å². The van der Waals surface area contributed by atoms with Gasteiger partial charge in [-0.05, 0) is 19.1 Å². The number of aliphatic hydroxyl groups is 1. The summed E-state index contributed by atoms with van der Waals surface area (Å²) in [6.45, 7) is 2.89. The van der Waals surface area contributed by atoms with E-state index in [1.165, 1.54) is 12.0 Å². The third-order valence-corrected chi connectivity index (χ3v) is 4.17. The summed E-state index contributed by atoms with van der Waals surface area (Å²) in [5.74, 6) is 1.06. The Bertz CT molecular complexity index is 622. The fourth-order valence-corrected chi connectivity index (χ4v) is 2.84.